The van der Waals surface area contributed by atoms with Crippen molar-refractivity contribution >= 4 is 0 Å². The Bertz CT molecular complexity index is 105. The lowest BCUT2D eigenvalue weighted by Crippen LogP contribution is -1.88. The van der Waals surface area contributed by atoms with Crippen molar-refractivity contribution in [1.82, 2.24) is 0 Å². The monoisotopic (exact) mass is 116 g/mol. The first-order valence-corrected chi connectivity index (χ1v) is 1.36. The molecular formula is C2N2O4. The van der Waals surface area contributed by atoms with Crippen LogP contribution < -0.4 is 0 Å². The maximum Gasteiger partial charge on any atom is 0.328 e. The van der Waals surface area contributed by atoms with Crippen LogP contribution in [0.25, 0.3) is 0 Å². The smallest absolute Gasteiger partial charge is 0.221 e. The zero-order valence-corrected chi connectivity index (χ0v) is 3.53. The van der Waals surface area contributed by atoms with Crippen molar-refractivity contribution in [1.29, 1.82) is 10.5 Å². The highest BCUT2D eigenvalue weighted by Gasteiger charge is 1.82. The van der Waals surface area contributed by atoms with Gasteiger partial charge in [0.1, 0.15) is 0 Å². The van der Waals surface area contributed by atoms with Crippen molar-refractivity contribution in [3.05, 3.63) is 0 Å². The summed E-state index contributed by atoms with van der Waals surface area (Å²) in [4.78, 5) is 6.89. The number of rotatable bonds is 3. The fourth-order valence-corrected chi connectivity index (χ4v) is 0.0582. The van der Waals surface area contributed by atoms with Gasteiger partial charge in [-0.3, -0.25) is 0 Å². The van der Waals surface area contributed by atoms with Crippen LogP contribution in [0.15, 0.2) is 0 Å². The van der Waals surface area contributed by atoms with E-state index < -0.39 is 0 Å². The molecule has 0 unspecified atom stereocenters. The zero-order chi connectivity index (χ0) is 6.24. The van der Waals surface area contributed by atoms with Gasteiger partial charge in [0.05, 0.1) is 0 Å². The van der Waals surface area contributed by atoms with Crippen LogP contribution in [0.4, 0.5) is 0 Å². The molecule has 0 fully saturated rings. The van der Waals surface area contributed by atoms with Crippen LogP contribution in [0, 0.1) is 23.0 Å². The summed E-state index contributed by atoms with van der Waals surface area (Å²) < 4.78 is 0. The minimum Gasteiger partial charge on any atom is -0.221 e. The molecule has 0 heterocycles. The molecule has 0 aliphatic rings. The lowest BCUT2D eigenvalue weighted by Gasteiger charge is -1.85. The lowest BCUT2D eigenvalue weighted by atomic mass is 11.6. The molecule has 0 aliphatic carbocycles. The molecule has 0 N–H and O–H groups in total. The minimum atomic E-state index is 1.09. The van der Waals surface area contributed by atoms with Crippen LogP contribution in [-0.4, -0.2) is 0 Å². The normalized spacial score (nSPS) is 6.25. The summed E-state index contributed by atoms with van der Waals surface area (Å²) >= 11 is 0. The Balaban J connectivity index is 2.77. The highest BCUT2D eigenvalue weighted by atomic mass is 17.7. The summed E-state index contributed by atoms with van der Waals surface area (Å²) in [7, 11) is 0. The van der Waals surface area contributed by atoms with Gasteiger partial charge in [-0.25, -0.2) is 9.78 Å². The van der Waals surface area contributed by atoms with E-state index in [4.69, 9.17) is 10.5 Å². The van der Waals surface area contributed by atoms with Gasteiger partial charge in [-0.15, -0.1) is 10.5 Å². The van der Waals surface area contributed by atoms with E-state index in [0.29, 0.717) is 0 Å². The Hall–Kier alpha value is -1.50. The van der Waals surface area contributed by atoms with Gasteiger partial charge in [-0.1, -0.05) is 0 Å². The molecule has 0 saturated heterocycles. The molecule has 0 amide bonds. The lowest BCUT2D eigenvalue weighted by molar-refractivity contribution is -0.601. The second-order valence-electron chi connectivity index (χ2n) is 0.485. The first-order valence-electron chi connectivity index (χ1n) is 1.36. The fourth-order valence-electron chi connectivity index (χ4n) is 0.0582. The molecule has 6 heteroatoms. The predicted octanol–water partition coefficient (Wildman–Crippen LogP) is -0.240. The third kappa shape index (κ3) is 4.50. The van der Waals surface area contributed by atoms with Crippen molar-refractivity contribution in [3.8, 4) is 12.5 Å². The summed E-state index contributed by atoms with van der Waals surface area (Å²) in [5, 5.41) is 21.9. The van der Waals surface area contributed by atoms with E-state index in [1.165, 1.54) is 0 Å². The quantitative estimate of drug-likeness (QED) is 0.219. The van der Waals surface area contributed by atoms with Gasteiger partial charge in [0.25, 0.3) is 0 Å². The van der Waals surface area contributed by atoms with Gasteiger partial charge >= 0.3 is 12.5 Å². The van der Waals surface area contributed by atoms with E-state index in [1.54, 1.807) is 0 Å². The zero-order valence-electron chi connectivity index (χ0n) is 3.53. The minimum absolute atomic E-state index is 1.09. The molecule has 0 aliphatic heterocycles. The standard InChI is InChI=1S/C2N2O4/c3-1-5-7-8-6-2-4. The molecule has 0 saturated carbocycles. The Labute approximate surface area is 44.1 Å². The van der Waals surface area contributed by atoms with Crippen molar-refractivity contribution in [2.45, 2.75) is 0 Å². The number of nitrogens with zero attached hydrogens (tertiary/aromatic N) is 2. The first-order chi connectivity index (χ1) is 3.91. The van der Waals surface area contributed by atoms with Crippen molar-refractivity contribution in [3.63, 3.8) is 0 Å². The molecule has 0 atom stereocenters. The van der Waals surface area contributed by atoms with Crippen LogP contribution >= 0.6 is 0 Å². The molecule has 8 heavy (non-hydrogen) atoms. The van der Waals surface area contributed by atoms with Crippen molar-refractivity contribution < 1.29 is 19.9 Å². The Morgan fingerprint density at radius 2 is 1.25 bits per heavy atom. The highest BCUT2D eigenvalue weighted by Crippen LogP contribution is 1.77. The average Bonchev–Trinajstić information content (AvgIpc) is 1.81. The maximum absolute atomic E-state index is 7.55. The third-order valence-corrected chi connectivity index (χ3v) is 0.170. The van der Waals surface area contributed by atoms with Gasteiger partial charge in [0.2, 0.25) is 0 Å². The topological polar surface area (TPSA) is 84.5 Å². The van der Waals surface area contributed by atoms with Crippen LogP contribution in [0.3, 0.4) is 0 Å². The fraction of sp³-hybridized carbons (Fsp3) is 0. The average molecular weight is 116 g/mol. The Morgan fingerprint density at radius 1 is 0.875 bits per heavy atom. The predicted molar refractivity (Wildman–Crippen MR) is 15.6 cm³/mol. The largest absolute Gasteiger partial charge is 0.328 e. The van der Waals surface area contributed by atoms with E-state index in [0.717, 1.165) is 12.5 Å². The van der Waals surface area contributed by atoms with Gasteiger partial charge in [-0.05, 0) is 0 Å². The number of hydrogen-bond acceptors (Lipinski definition) is 6. The first kappa shape index (κ1) is 6.50. The molecular weight excluding hydrogens is 116 g/mol. The van der Waals surface area contributed by atoms with Crippen LogP contribution in [-0.2, 0) is 19.9 Å². The molecule has 0 spiro atoms. The van der Waals surface area contributed by atoms with Gasteiger partial charge in [-0.2, -0.15) is 0 Å². The molecule has 0 aromatic heterocycles. The van der Waals surface area contributed by atoms with E-state index >= 15 is 0 Å². The molecule has 0 radical (unpaired) electrons. The van der Waals surface area contributed by atoms with Crippen molar-refractivity contribution in [2.75, 3.05) is 0 Å². The Morgan fingerprint density at radius 3 is 1.50 bits per heavy atom. The summed E-state index contributed by atoms with van der Waals surface area (Å²) in [5.74, 6) is 0. The molecule has 42 valence electrons. The van der Waals surface area contributed by atoms with E-state index in [1.807, 2.05) is 0 Å². The second-order valence-corrected chi connectivity index (χ2v) is 0.485. The maximum atomic E-state index is 7.55. The summed E-state index contributed by atoms with van der Waals surface area (Å²) in [6.45, 7) is 0. The second kappa shape index (κ2) is 5.50. The third-order valence-electron chi connectivity index (χ3n) is 0.170. The molecule has 0 aromatic rings. The summed E-state index contributed by atoms with van der Waals surface area (Å²) in [6.07, 6.45) is 2.18. The number of hydrogen-bond donors (Lipinski definition) is 0. The van der Waals surface area contributed by atoms with E-state index in [2.05, 4.69) is 19.9 Å². The van der Waals surface area contributed by atoms with Crippen molar-refractivity contribution in [2.24, 2.45) is 0 Å². The van der Waals surface area contributed by atoms with Gasteiger partial charge < -0.3 is 0 Å². The SMILES string of the molecule is N#COOOOC#N. The van der Waals surface area contributed by atoms with E-state index in [-0.39, 0.29) is 0 Å². The molecule has 6 nitrogen and oxygen atoms in total. The van der Waals surface area contributed by atoms with Gasteiger partial charge in [0, 0.05) is 10.1 Å². The Kier molecular flexibility index (Phi) is 4.47. The molecule has 0 aromatic carbocycles. The van der Waals surface area contributed by atoms with E-state index in [9.17, 15) is 0 Å². The summed E-state index contributed by atoms with van der Waals surface area (Å²) in [5.41, 5.74) is 0. The highest BCUT2D eigenvalue weighted by molar-refractivity contribution is 4.37. The molecule has 0 rings (SSSR count). The van der Waals surface area contributed by atoms with Crippen LogP contribution in [0.1, 0.15) is 0 Å². The molecule has 0 bridgehead atoms. The van der Waals surface area contributed by atoms with Crippen LogP contribution in [0.5, 0.6) is 0 Å². The van der Waals surface area contributed by atoms with Gasteiger partial charge in [0.15, 0.2) is 0 Å². The number of nitriles is 2. The van der Waals surface area contributed by atoms with Crippen LogP contribution in [0.2, 0.25) is 0 Å². The summed E-state index contributed by atoms with van der Waals surface area (Å²) in [6, 6.07) is 0.